The normalized spacial score (nSPS) is 12.2. The summed E-state index contributed by atoms with van der Waals surface area (Å²) in [6.45, 7) is 0. The first kappa shape index (κ1) is 18.7. The van der Waals surface area contributed by atoms with Gasteiger partial charge in [-0.15, -0.1) is 22.7 Å². The number of nitriles is 2. The summed E-state index contributed by atoms with van der Waals surface area (Å²) in [7, 11) is 0. The van der Waals surface area contributed by atoms with E-state index >= 15 is 0 Å². The van der Waals surface area contributed by atoms with E-state index in [0.717, 1.165) is 35.4 Å². The Labute approximate surface area is 174 Å². The number of hydrogen-bond donors (Lipinski definition) is 1. The Balaban J connectivity index is 1.48. The first-order valence-electron chi connectivity index (χ1n) is 8.62. The number of aryl methyl sites for hydroxylation is 1. The number of nitrogens with zero attached hydrogens (tertiary/aromatic N) is 3. The number of pyridine rings is 1. The molecule has 138 valence electrons. The lowest BCUT2D eigenvalue weighted by atomic mass is 10.1. The largest absolute Gasteiger partial charge is 0.316 e. The predicted molar refractivity (Wildman–Crippen MR) is 113 cm³/mol. The minimum absolute atomic E-state index is 0.128. The minimum atomic E-state index is -0.200. The van der Waals surface area contributed by atoms with Gasteiger partial charge in [0, 0.05) is 4.88 Å². The summed E-state index contributed by atoms with van der Waals surface area (Å²) in [6, 6.07) is 11.8. The molecule has 1 aliphatic rings. The van der Waals surface area contributed by atoms with Gasteiger partial charge in [-0.1, -0.05) is 17.8 Å². The van der Waals surface area contributed by atoms with Gasteiger partial charge in [0.2, 0.25) is 5.91 Å². The molecule has 0 unspecified atom stereocenters. The third-order valence-electron chi connectivity index (χ3n) is 4.38. The highest BCUT2D eigenvalue weighted by Gasteiger charge is 2.23. The minimum Gasteiger partial charge on any atom is -0.316 e. The third-order valence-corrected chi connectivity index (χ3v) is 7.47. The number of rotatable bonds is 5. The number of amides is 1. The van der Waals surface area contributed by atoms with Gasteiger partial charge in [-0.25, -0.2) is 4.98 Å². The molecule has 0 radical (unpaired) electrons. The summed E-state index contributed by atoms with van der Waals surface area (Å²) in [6.07, 6.45) is 2.96. The van der Waals surface area contributed by atoms with E-state index in [4.69, 9.17) is 0 Å². The molecular formula is C20H14N4OS3. The fraction of sp³-hybridized carbons (Fsp3) is 0.200. The van der Waals surface area contributed by atoms with E-state index in [9.17, 15) is 15.3 Å². The van der Waals surface area contributed by atoms with Crippen molar-refractivity contribution in [2.24, 2.45) is 0 Å². The van der Waals surface area contributed by atoms with Gasteiger partial charge < -0.3 is 5.32 Å². The average Bonchev–Trinajstić information content (AvgIpc) is 3.43. The van der Waals surface area contributed by atoms with Crippen molar-refractivity contribution < 1.29 is 4.79 Å². The Hall–Kier alpha value is -2.65. The number of carbonyl (C=O) groups is 1. The lowest BCUT2D eigenvalue weighted by Gasteiger charge is -2.06. The van der Waals surface area contributed by atoms with Crippen molar-refractivity contribution in [3.05, 3.63) is 51.2 Å². The van der Waals surface area contributed by atoms with Crippen LogP contribution in [0.4, 0.5) is 5.00 Å². The molecule has 8 heteroatoms. The SMILES string of the molecule is N#Cc1ccc(-c2cccs2)nc1SCC(=O)Nc1sc2c(c1C#N)CCC2. The maximum atomic E-state index is 12.5. The molecule has 0 saturated heterocycles. The second-order valence-electron chi connectivity index (χ2n) is 6.15. The quantitative estimate of drug-likeness (QED) is 0.595. The summed E-state index contributed by atoms with van der Waals surface area (Å²) in [5, 5.41) is 24.8. The highest BCUT2D eigenvalue weighted by Crippen LogP contribution is 2.38. The summed E-state index contributed by atoms with van der Waals surface area (Å²) >= 11 is 4.31. The molecule has 0 atom stereocenters. The van der Waals surface area contributed by atoms with Crippen molar-refractivity contribution in [3.8, 4) is 22.7 Å². The molecule has 0 saturated carbocycles. The molecular weight excluding hydrogens is 408 g/mol. The van der Waals surface area contributed by atoms with Crippen LogP contribution in [0.15, 0.2) is 34.7 Å². The highest BCUT2D eigenvalue weighted by molar-refractivity contribution is 8.00. The second kappa shape index (κ2) is 8.15. The van der Waals surface area contributed by atoms with E-state index in [1.807, 2.05) is 23.6 Å². The van der Waals surface area contributed by atoms with Crippen LogP contribution < -0.4 is 5.32 Å². The molecule has 0 fully saturated rings. The first-order chi connectivity index (χ1) is 13.7. The smallest absolute Gasteiger partial charge is 0.235 e. The second-order valence-corrected chi connectivity index (χ2v) is 9.17. The van der Waals surface area contributed by atoms with Crippen LogP contribution in [0.25, 0.3) is 10.6 Å². The molecule has 3 heterocycles. The van der Waals surface area contributed by atoms with Crippen molar-refractivity contribution in [1.82, 2.24) is 4.98 Å². The highest BCUT2D eigenvalue weighted by atomic mass is 32.2. The molecule has 0 bridgehead atoms. The van der Waals surface area contributed by atoms with Crippen LogP contribution in [0, 0.1) is 22.7 Å². The van der Waals surface area contributed by atoms with E-state index in [1.165, 1.54) is 28.0 Å². The van der Waals surface area contributed by atoms with Crippen molar-refractivity contribution in [2.45, 2.75) is 24.3 Å². The van der Waals surface area contributed by atoms with Crippen molar-refractivity contribution in [2.75, 3.05) is 11.1 Å². The van der Waals surface area contributed by atoms with Crippen LogP contribution >= 0.6 is 34.4 Å². The topological polar surface area (TPSA) is 89.6 Å². The number of aromatic nitrogens is 1. The molecule has 0 aromatic carbocycles. The van der Waals surface area contributed by atoms with Crippen molar-refractivity contribution in [1.29, 1.82) is 10.5 Å². The molecule has 1 amide bonds. The van der Waals surface area contributed by atoms with Crippen LogP contribution in [-0.4, -0.2) is 16.6 Å². The van der Waals surface area contributed by atoms with Gasteiger partial charge in [-0.3, -0.25) is 4.79 Å². The Bertz CT molecular complexity index is 1120. The number of thioether (sulfide) groups is 1. The van der Waals surface area contributed by atoms with Crippen LogP contribution in [0.1, 0.15) is 28.0 Å². The third kappa shape index (κ3) is 3.67. The molecule has 28 heavy (non-hydrogen) atoms. The molecule has 3 aromatic rings. The van der Waals surface area contributed by atoms with Crippen LogP contribution in [0.2, 0.25) is 0 Å². The number of fused-ring (bicyclic) bond motifs is 1. The van der Waals surface area contributed by atoms with Crippen LogP contribution in [-0.2, 0) is 17.6 Å². The molecule has 0 aliphatic heterocycles. The Kier molecular flexibility index (Phi) is 5.45. The summed E-state index contributed by atoms with van der Waals surface area (Å²) in [5.74, 6) is -0.0723. The molecule has 1 aliphatic carbocycles. The van der Waals surface area contributed by atoms with E-state index in [1.54, 1.807) is 17.4 Å². The molecule has 3 aromatic heterocycles. The zero-order valence-corrected chi connectivity index (χ0v) is 17.1. The maximum absolute atomic E-state index is 12.5. The van der Waals surface area contributed by atoms with Crippen molar-refractivity contribution >= 4 is 45.3 Å². The lowest BCUT2D eigenvalue weighted by molar-refractivity contribution is -0.113. The Morgan fingerprint density at radius 3 is 2.89 bits per heavy atom. The number of hydrogen-bond acceptors (Lipinski definition) is 7. The van der Waals surface area contributed by atoms with Gasteiger partial charge in [0.25, 0.3) is 0 Å². The summed E-state index contributed by atoms with van der Waals surface area (Å²) in [4.78, 5) is 19.2. The van der Waals surface area contributed by atoms with Gasteiger partial charge >= 0.3 is 0 Å². The fourth-order valence-electron chi connectivity index (χ4n) is 3.10. The maximum Gasteiger partial charge on any atom is 0.235 e. The standard InChI is InChI=1S/C20H14N4OS3/c21-9-12-6-7-15(17-5-2-8-26-17)23-19(12)27-11-18(25)24-20-14(10-22)13-3-1-4-16(13)28-20/h2,5-8H,1,3-4,11H2,(H,24,25). The monoisotopic (exact) mass is 422 g/mol. The lowest BCUT2D eigenvalue weighted by Crippen LogP contribution is -2.14. The van der Waals surface area contributed by atoms with Crippen LogP contribution in [0.5, 0.6) is 0 Å². The molecule has 5 nitrogen and oxygen atoms in total. The fourth-order valence-corrected chi connectivity index (χ4v) is 5.83. The van der Waals surface area contributed by atoms with E-state index in [2.05, 4.69) is 22.4 Å². The molecule has 4 rings (SSSR count). The zero-order chi connectivity index (χ0) is 19.5. The van der Waals surface area contributed by atoms with Gasteiger partial charge in [0.05, 0.1) is 27.5 Å². The molecule has 0 spiro atoms. The van der Waals surface area contributed by atoms with Crippen LogP contribution in [0.3, 0.4) is 0 Å². The first-order valence-corrected chi connectivity index (χ1v) is 11.3. The Morgan fingerprint density at radius 1 is 1.25 bits per heavy atom. The molecule has 1 N–H and O–H groups in total. The summed E-state index contributed by atoms with van der Waals surface area (Å²) in [5.41, 5.74) is 2.93. The average molecular weight is 423 g/mol. The van der Waals surface area contributed by atoms with Gasteiger partial charge in [-0.05, 0) is 48.4 Å². The number of anilines is 1. The number of thiophene rings is 2. The van der Waals surface area contributed by atoms with Gasteiger partial charge in [0.1, 0.15) is 22.2 Å². The Morgan fingerprint density at radius 2 is 2.14 bits per heavy atom. The van der Waals surface area contributed by atoms with E-state index in [0.29, 0.717) is 21.2 Å². The predicted octanol–water partition coefficient (Wildman–Crippen LogP) is 4.83. The number of nitrogens with one attached hydrogen (secondary N) is 1. The van der Waals surface area contributed by atoms with Crippen molar-refractivity contribution in [3.63, 3.8) is 0 Å². The summed E-state index contributed by atoms with van der Waals surface area (Å²) < 4.78 is 0. The van der Waals surface area contributed by atoms with Gasteiger partial charge in [-0.2, -0.15) is 10.5 Å². The van der Waals surface area contributed by atoms with Gasteiger partial charge in [0.15, 0.2) is 0 Å². The number of carbonyl (C=O) groups excluding carboxylic acids is 1. The zero-order valence-electron chi connectivity index (χ0n) is 14.7. The van der Waals surface area contributed by atoms with E-state index in [-0.39, 0.29) is 11.7 Å². The van der Waals surface area contributed by atoms with E-state index < -0.39 is 0 Å².